The van der Waals surface area contributed by atoms with Gasteiger partial charge in [-0.1, -0.05) is 6.07 Å². The van der Waals surface area contributed by atoms with Gasteiger partial charge in [-0.3, -0.25) is 14.6 Å². The first kappa shape index (κ1) is 22.6. The van der Waals surface area contributed by atoms with Crippen LogP contribution in [0.2, 0.25) is 0 Å². The smallest absolute Gasteiger partial charge is 0.229 e. The lowest BCUT2D eigenvalue weighted by atomic mass is 9.94. The first-order valence-corrected chi connectivity index (χ1v) is 7.80. The number of hydrogen-bond acceptors (Lipinski definition) is 4. The number of piperidine rings is 1. The molecule has 2 rings (SSSR count). The van der Waals surface area contributed by atoms with E-state index in [4.69, 9.17) is 5.73 Å². The SMILES string of the molecule is CC(C(=O)N1CCCC(C(=O)NCCN)C1)c1cccnc1.Cl.Cl. The third-order valence-corrected chi connectivity index (χ3v) is 4.10. The molecule has 24 heavy (non-hydrogen) atoms. The molecule has 0 aliphatic carbocycles. The molecule has 0 saturated carbocycles. The van der Waals surface area contributed by atoms with Crippen LogP contribution in [0.25, 0.3) is 0 Å². The molecule has 3 N–H and O–H groups in total. The van der Waals surface area contributed by atoms with Gasteiger partial charge < -0.3 is 16.0 Å². The van der Waals surface area contributed by atoms with Gasteiger partial charge in [0.1, 0.15) is 0 Å². The van der Waals surface area contributed by atoms with Crippen LogP contribution in [0.3, 0.4) is 0 Å². The normalized spacial score (nSPS) is 17.9. The second-order valence-electron chi connectivity index (χ2n) is 5.71. The first-order valence-electron chi connectivity index (χ1n) is 7.80. The van der Waals surface area contributed by atoms with Crippen LogP contribution in [-0.2, 0) is 9.59 Å². The summed E-state index contributed by atoms with van der Waals surface area (Å²) in [5, 5.41) is 2.81. The predicted molar refractivity (Wildman–Crippen MR) is 98.5 cm³/mol. The van der Waals surface area contributed by atoms with Gasteiger partial charge in [-0.05, 0) is 31.4 Å². The molecule has 0 radical (unpaired) electrons. The molecule has 1 fully saturated rings. The Balaban J connectivity index is 0.00000264. The maximum Gasteiger partial charge on any atom is 0.229 e. The average Bonchev–Trinajstić information content (AvgIpc) is 2.59. The van der Waals surface area contributed by atoms with Crippen molar-refractivity contribution in [3.05, 3.63) is 30.1 Å². The lowest BCUT2D eigenvalue weighted by Gasteiger charge is -2.33. The van der Waals surface area contributed by atoms with Gasteiger partial charge in [-0.2, -0.15) is 0 Å². The number of nitrogens with two attached hydrogens (primary N) is 1. The lowest BCUT2D eigenvalue weighted by Crippen LogP contribution is -2.47. The minimum absolute atomic E-state index is 0. The molecule has 0 aromatic carbocycles. The number of aromatic nitrogens is 1. The second kappa shape index (κ2) is 11.2. The van der Waals surface area contributed by atoms with E-state index in [1.54, 1.807) is 17.3 Å². The van der Waals surface area contributed by atoms with Crippen LogP contribution in [0.5, 0.6) is 0 Å². The van der Waals surface area contributed by atoms with E-state index in [9.17, 15) is 9.59 Å². The molecule has 0 bridgehead atoms. The number of carbonyl (C=O) groups excluding carboxylic acids is 2. The summed E-state index contributed by atoms with van der Waals surface area (Å²) in [5.41, 5.74) is 6.31. The van der Waals surface area contributed by atoms with Crippen molar-refractivity contribution in [3.63, 3.8) is 0 Å². The van der Waals surface area contributed by atoms with E-state index >= 15 is 0 Å². The van der Waals surface area contributed by atoms with Gasteiger partial charge in [0.2, 0.25) is 11.8 Å². The Bertz CT molecular complexity index is 516. The summed E-state index contributed by atoms with van der Waals surface area (Å²) in [6.07, 6.45) is 5.09. The Morgan fingerprint density at radius 3 is 2.83 bits per heavy atom. The lowest BCUT2D eigenvalue weighted by molar-refractivity contribution is -0.136. The fraction of sp³-hybridized carbons (Fsp3) is 0.562. The number of hydrogen-bond donors (Lipinski definition) is 2. The van der Waals surface area contributed by atoms with Gasteiger partial charge in [0.05, 0.1) is 11.8 Å². The predicted octanol–water partition coefficient (Wildman–Crippen LogP) is 1.34. The van der Waals surface area contributed by atoms with Gasteiger partial charge in [0, 0.05) is 38.6 Å². The van der Waals surface area contributed by atoms with Crippen LogP contribution < -0.4 is 11.1 Å². The number of rotatable bonds is 5. The van der Waals surface area contributed by atoms with Crippen molar-refractivity contribution in [2.24, 2.45) is 11.7 Å². The number of pyridine rings is 1. The highest BCUT2D eigenvalue weighted by atomic mass is 35.5. The molecule has 8 heteroatoms. The second-order valence-corrected chi connectivity index (χ2v) is 5.71. The summed E-state index contributed by atoms with van der Waals surface area (Å²) in [6, 6.07) is 3.74. The number of likely N-dealkylation sites (tertiary alicyclic amines) is 1. The van der Waals surface area contributed by atoms with Crippen LogP contribution in [0.1, 0.15) is 31.2 Å². The number of nitrogens with one attached hydrogen (secondary N) is 1. The van der Waals surface area contributed by atoms with Crippen LogP contribution in [0.4, 0.5) is 0 Å². The summed E-state index contributed by atoms with van der Waals surface area (Å²) < 4.78 is 0. The summed E-state index contributed by atoms with van der Waals surface area (Å²) in [6.45, 7) is 4.00. The highest BCUT2D eigenvalue weighted by molar-refractivity contribution is 5.86. The Morgan fingerprint density at radius 2 is 2.21 bits per heavy atom. The minimum Gasteiger partial charge on any atom is -0.355 e. The molecule has 1 aromatic rings. The molecule has 2 unspecified atom stereocenters. The van der Waals surface area contributed by atoms with E-state index in [0.717, 1.165) is 18.4 Å². The fourth-order valence-corrected chi connectivity index (χ4v) is 2.78. The monoisotopic (exact) mass is 376 g/mol. The van der Waals surface area contributed by atoms with Crippen molar-refractivity contribution in [1.29, 1.82) is 0 Å². The van der Waals surface area contributed by atoms with Gasteiger partial charge >= 0.3 is 0 Å². The molecule has 2 heterocycles. The molecule has 1 aromatic heterocycles. The molecule has 1 aliphatic rings. The minimum atomic E-state index is -0.237. The Kier molecular flexibility index (Phi) is 10.6. The van der Waals surface area contributed by atoms with Crippen molar-refractivity contribution in [2.45, 2.75) is 25.7 Å². The number of nitrogens with zero attached hydrogens (tertiary/aromatic N) is 2. The molecule has 6 nitrogen and oxygen atoms in total. The van der Waals surface area contributed by atoms with E-state index in [0.29, 0.717) is 26.2 Å². The van der Waals surface area contributed by atoms with Crippen molar-refractivity contribution in [2.75, 3.05) is 26.2 Å². The Hall–Kier alpha value is -1.37. The maximum atomic E-state index is 12.6. The van der Waals surface area contributed by atoms with Gasteiger partial charge in [-0.25, -0.2) is 0 Å². The average molecular weight is 377 g/mol. The summed E-state index contributed by atoms with van der Waals surface area (Å²) in [4.78, 5) is 30.5. The van der Waals surface area contributed by atoms with Crippen LogP contribution in [0, 0.1) is 5.92 Å². The Labute approximate surface area is 155 Å². The van der Waals surface area contributed by atoms with Crippen molar-refractivity contribution in [3.8, 4) is 0 Å². The van der Waals surface area contributed by atoms with E-state index < -0.39 is 0 Å². The van der Waals surface area contributed by atoms with E-state index in [-0.39, 0.29) is 48.5 Å². The van der Waals surface area contributed by atoms with Crippen LogP contribution in [-0.4, -0.2) is 47.9 Å². The van der Waals surface area contributed by atoms with Crippen molar-refractivity contribution in [1.82, 2.24) is 15.2 Å². The number of halogens is 2. The van der Waals surface area contributed by atoms with E-state index in [1.807, 2.05) is 19.1 Å². The molecule has 1 aliphatic heterocycles. The molecule has 136 valence electrons. The molecular weight excluding hydrogens is 351 g/mol. The largest absolute Gasteiger partial charge is 0.355 e. The Morgan fingerprint density at radius 1 is 1.46 bits per heavy atom. The van der Waals surface area contributed by atoms with Gasteiger partial charge in [0.25, 0.3) is 0 Å². The van der Waals surface area contributed by atoms with E-state index in [2.05, 4.69) is 10.3 Å². The van der Waals surface area contributed by atoms with Gasteiger partial charge in [0.15, 0.2) is 0 Å². The summed E-state index contributed by atoms with van der Waals surface area (Å²) in [5.74, 6) is -0.314. The highest BCUT2D eigenvalue weighted by Crippen LogP contribution is 2.22. The molecule has 0 spiro atoms. The molecule has 2 amide bonds. The first-order chi connectivity index (χ1) is 10.6. The summed E-state index contributed by atoms with van der Waals surface area (Å²) >= 11 is 0. The maximum absolute atomic E-state index is 12.6. The fourth-order valence-electron chi connectivity index (χ4n) is 2.78. The zero-order valence-electron chi connectivity index (χ0n) is 13.8. The third-order valence-electron chi connectivity index (χ3n) is 4.10. The van der Waals surface area contributed by atoms with Gasteiger partial charge in [-0.15, -0.1) is 24.8 Å². The zero-order valence-corrected chi connectivity index (χ0v) is 15.4. The highest BCUT2D eigenvalue weighted by Gasteiger charge is 2.30. The quantitative estimate of drug-likeness (QED) is 0.811. The topological polar surface area (TPSA) is 88.3 Å². The standard InChI is InChI=1S/C16H24N4O2.2ClH/c1-12(13-4-2-7-18-10-13)16(22)20-9-3-5-14(11-20)15(21)19-8-6-17;;/h2,4,7,10,12,14H,3,5-6,8-9,11,17H2,1H3,(H,19,21);2*1H. The summed E-state index contributed by atoms with van der Waals surface area (Å²) in [7, 11) is 0. The van der Waals surface area contributed by atoms with Crippen molar-refractivity contribution >= 4 is 36.6 Å². The molecular formula is C16H26Cl2N4O2. The van der Waals surface area contributed by atoms with Crippen molar-refractivity contribution < 1.29 is 9.59 Å². The van der Waals surface area contributed by atoms with Crippen LogP contribution >= 0.6 is 24.8 Å². The molecule has 2 atom stereocenters. The number of carbonyl (C=O) groups is 2. The zero-order chi connectivity index (χ0) is 15.9. The molecule has 1 saturated heterocycles. The van der Waals surface area contributed by atoms with E-state index in [1.165, 1.54) is 0 Å². The third kappa shape index (κ3) is 5.92. The van der Waals surface area contributed by atoms with Crippen LogP contribution in [0.15, 0.2) is 24.5 Å². The number of amides is 2.